The Balaban J connectivity index is 1.31. The molecule has 3 saturated heterocycles. The summed E-state index contributed by atoms with van der Waals surface area (Å²) in [5.74, 6) is 3.76. The zero-order valence-corrected chi connectivity index (χ0v) is 21.1. The summed E-state index contributed by atoms with van der Waals surface area (Å²) in [6, 6.07) is 4.68. The lowest BCUT2D eigenvalue weighted by Gasteiger charge is -2.38. The highest BCUT2D eigenvalue weighted by atomic mass is 15.4. The first-order chi connectivity index (χ1) is 17.8. The van der Waals surface area contributed by atoms with E-state index in [1.165, 1.54) is 24.8 Å². The first-order valence-electron chi connectivity index (χ1n) is 13.7. The SMILES string of the molecule is CC1CC=Cc2ncnc(N3CCCCC3c3cc4nc(N5CCC5)cc(N5CCNCC5)n4n3)c21. The van der Waals surface area contributed by atoms with Crippen molar-refractivity contribution in [3.05, 3.63) is 41.5 Å². The number of hydrogen-bond donors (Lipinski definition) is 1. The normalized spacial score (nSPS) is 24.2. The maximum atomic E-state index is 5.24. The van der Waals surface area contributed by atoms with E-state index in [4.69, 9.17) is 15.1 Å². The van der Waals surface area contributed by atoms with Gasteiger partial charge in [0.05, 0.1) is 17.4 Å². The van der Waals surface area contributed by atoms with Gasteiger partial charge in [-0.2, -0.15) is 9.61 Å². The Morgan fingerprint density at radius 2 is 1.83 bits per heavy atom. The Bertz CT molecular complexity index is 1290. The zero-order valence-electron chi connectivity index (χ0n) is 21.1. The first-order valence-corrected chi connectivity index (χ1v) is 13.7. The van der Waals surface area contributed by atoms with Gasteiger partial charge in [0.2, 0.25) is 0 Å². The summed E-state index contributed by atoms with van der Waals surface area (Å²) in [5.41, 5.74) is 4.41. The standard InChI is InChI=1S/C27H35N9/c1-19-6-4-7-20-26(19)27(30-18-29-20)35-13-3-2-8-22(35)21-16-24-31-23(33-11-5-12-33)17-25(36(24)32-21)34-14-9-28-10-15-34/h4,7,16-19,22,28H,2-3,5-6,8-15H2,1H3. The van der Waals surface area contributed by atoms with Gasteiger partial charge < -0.3 is 20.0 Å². The van der Waals surface area contributed by atoms with Crippen molar-refractivity contribution >= 4 is 29.2 Å². The summed E-state index contributed by atoms with van der Waals surface area (Å²) < 4.78 is 2.09. The van der Waals surface area contributed by atoms with Gasteiger partial charge in [0.1, 0.15) is 23.8 Å². The number of piperazine rings is 1. The van der Waals surface area contributed by atoms with E-state index in [-0.39, 0.29) is 6.04 Å². The van der Waals surface area contributed by atoms with Crippen molar-refractivity contribution in [2.45, 2.75) is 51.0 Å². The van der Waals surface area contributed by atoms with Crippen LogP contribution in [0.4, 0.5) is 17.5 Å². The minimum absolute atomic E-state index is 0.195. The molecule has 1 N–H and O–H groups in total. The highest BCUT2D eigenvalue weighted by molar-refractivity contribution is 5.64. The molecule has 3 fully saturated rings. The van der Waals surface area contributed by atoms with Crippen LogP contribution in [0, 0.1) is 0 Å². The maximum absolute atomic E-state index is 5.24. The monoisotopic (exact) mass is 485 g/mol. The molecule has 0 bridgehead atoms. The van der Waals surface area contributed by atoms with E-state index in [9.17, 15) is 0 Å². The van der Waals surface area contributed by atoms with Crippen LogP contribution in [-0.2, 0) is 0 Å². The van der Waals surface area contributed by atoms with Gasteiger partial charge in [0.25, 0.3) is 0 Å². The van der Waals surface area contributed by atoms with Crippen molar-refractivity contribution in [2.75, 3.05) is 60.5 Å². The lowest BCUT2D eigenvalue weighted by molar-refractivity contribution is 0.457. The van der Waals surface area contributed by atoms with Gasteiger partial charge in [-0.25, -0.2) is 15.0 Å². The fourth-order valence-electron chi connectivity index (χ4n) is 6.18. The molecule has 2 atom stereocenters. The number of piperidine rings is 1. The van der Waals surface area contributed by atoms with E-state index in [1.54, 1.807) is 6.33 Å². The molecule has 3 aliphatic heterocycles. The number of anilines is 3. The molecule has 0 radical (unpaired) electrons. The second-order valence-corrected chi connectivity index (χ2v) is 10.6. The second-order valence-electron chi connectivity index (χ2n) is 10.6. The molecule has 36 heavy (non-hydrogen) atoms. The molecule has 188 valence electrons. The quantitative estimate of drug-likeness (QED) is 0.603. The van der Waals surface area contributed by atoms with E-state index in [0.717, 1.165) is 93.1 Å². The number of rotatable bonds is 4. The highest BCUT2D eigenvalue weighted by Gasteiger charge is 2.32. The van der Waals surface area contributed by atoms with Crippen LogP contribution in [0.5, 0.6) is 0 Å². The molecule has 2 unspecified atom stereocenters. The van der Waals surface area contributed by atoms with Crippen LogP contribution >= 0.6 is 0 Å². The summed E-state index contributed by atoms with van der Waals surface area (Å²) in [6.07, 6.45) is 11.9. The molecule has 9 heteroatoms. The molecule has 1 aliphatic carbocycles. The van der Waals surface area contributed by atoms with Gasteiger partial charge >= 0.3 is 0 Å². The Morgan fingerprint density at radius 1 is 0.944 bits per heavy atom. The van der Waals surface area contributed by atoms with E-state index in [0.29, 0.717) is 5.92 Å². The minimum Gasteiger partial charge on any atom is -0.356 e. The first kappa shape index (κ1) is 22.0. The minimum atomic E-state index is 0.195. The van der Waals surface area contributed by atoms with Crippen molar-refractivity contribution in [1.82, 2.24) is 29.9 Å². The molecule has 6 heterocycles. The number of fused-ring (bicyclic) bond motifs is 2. The Kier molecular flexibility index (Phi) is 5.53. The number of allylic oxidation sites excluding steroid dienone is 1. The van der Waals surface area contributed by atoms with Crippen molar-refractivity contribution < 1.29 is 0 Å². The molecular weight excluding hydrogens is 450 g/mol. The highest BCUT2D eigenvalue weighted by Crippen LogP contribution is 2.41. The average Bonchev–Trinajstić information content (AvgIpc) is 3.32. The van der Waals surface area contributed by atoms with E-state index >= 15 is 0 Å². The van der Waals surface area contributed by atoms with Crippen LogP contribution in [0.15, 0.2) is 24.5 Å². The number of nitrogens with one attached hydrogen (secondary N) is 1. The van der Waals surface area contributed by atoms with Gasteiger partial charge in [-0.15, -0.1) is 0 Å². The molecular formula is C27H35N9. The number of hydrogen-bond acceptors (Lipinski definition) is 8. The van der Waals surface area contributed by atoms with Gasteiger partial charge in [0, 0.05) is 63.5 Å². The van der Waals surface area contributed by atoms with Crippen LogP contribution in [0.1, 0.15) is 67.9 Å². The molecule has 0 spiro atoms. The summed E-state index contributed by atoms with van der Waals surface area (Å²) in [5, 5.41) is 8.72. The van der Waals surface area contributed by atoms with Crippen molar-refractivity contribution in [3.63, 3.8) is 0 Å². The predicted octanol–water partition coefficient (Wildman–Crippen LogP) is 3.39. The summed E-state index contributed by atoms with van der Waals surface area (Å²) in [6.45, 7) is 9.44. The van der Waals surface area contributed by atoms with Crippen molar-refractivity contribution in [3.8, 4) is 0 Å². The molecule has 0 aromatic carbocycles. The summed E-state index contributed by atoms with van der Waals surface area (Å²) in [4.78, 5) is 21.9. The average molecular weight is 486 g/mol. The molecule has 0 amide bonds. The Labute approximate surface area is 212 Å². The van der Waals surface area contributed by atoms with Gasteiger partial charge in [-0.3, -0.25) is 0 Å². The number of aromatic nitrogens is 5. The molecule has 9 nitrogen and oxygen atoms in total. The third-order valence-electron chi connectivity index (χ3n) is 8.30. The third-order valence-corrected chi connectivity index (χ3v) is 8.30. The summed E-state index contributed by atoms with van der Waals surface area (Å²) in [7, 11) is 0. The Morgan fingerprint density at radius 3 is 2.67 bits per heavy atom. The molecule has 4 aliphatic rings. The van der Waals surface area contributed by atoms with Crippen molar-refractivity contribution in [1.29, 1.82) is 0 Å². The molecule has 3 aromatic heterocycles. The van der Waals surface area contributed by atoms with Crippen LogP contribution in [0.2, 0.25) is 0 Å². The lowest BCUT2D eigenvalue weighted by atomic mass is 9.90. The molecule has 3 aromatic rings. The smallest absolute Gasteiger partial charge is 0.160 e. The van der Waals surface area contributed by atoms with Crippen LogP contribution in [0.3, 0.4) is 0 Å². The fourth-order valence-corrected chi connectivity index (χ4v) is 6.18. The van der Waals surface area contributed by atoms with Crippen LogP contribution in [0.25, 0.3) is 11.7 Å². The lowest BCUT2D eigenvalue weighted by Crippen LogP contribution is -2.44. The Hall–Kier alpha value is -3.20. The van der Waals surface area contributed by atoms with Gasteiger partial charge in [0.15, 0.2) is 5.65 Å². The molecule has 7 rings (SSSR count). The van der Waals surface area contributed by atoms with Crippen LogP contribution in [-0.4, -0.2) is 70.4 Å². The number of nitrogens with zero attached hydrogens (tertiary/aromatic N) is 8. The van der Waals surface area contributed by atoms with E-state index < -0.39 is 0 Å². The van der Waals surface area contributed by atoms with Gasteiger partial charge in [-0.05, 0) is 44.1 Å². The predicted molar refractivity (Wildman–Crippen MR) is 143 cm³/mol. The zero-order chi connectivity index (χ0) is 24.1. The van der Waals surface area contributed by atoms with Crippen LogP contribution < -0.4 is 20.0 Å². The summed E-state index contributed by atoms with van der Waals surface area (Å²) >= 11 is 0. The van der Waals surface area contributed by atoms with E-state index in [2.05, 4.69) is 60.7 Å². The maximum Gasteiger partial charge on any atom is 0.160 e. The van der Waals surface area contributed by atoms with Gasteiger partial charge in [-0.1, -0.05) is 13.0 Å². The van der Waals surface area contributed by atoms with Crippen molar-refractivity contribution in [2.24, 2.45) is 0 Å². The second kappa shape index (κ2) is 9.03. The molecule has 0 saturated carbocycles. The fraction of sp³-hybridized carbons (Fsp3) is 0.556. The van der Waals surface area contributed by atoms with E-state index in [1.807, 2.05) is 0 Å². The topological polar surface area (TPSA) is 77.7 Å². The largest absolute Gasteiger partial charge is 0.356 e. The third kappa shape index (κ3) is 3.72.